The zero-order valence-corrected chi connectivity index (χ0v) is 23.6. The van der Waals surface area contributed by atoms with Crippen LogP contribution in [0.4, 0.5) is 5.69 Å². The Labute approximate surface area is 205 Å². The number of aliphatic imine (C=N–C) groups is 1. The summed E-state index contributed by atoms with van der Waals surface area (Å²) in [5.74, 6) is 1.37. The van der Waals surface area contributed by atoms with Crippen LogP contribution in [0.15, 0.2) is 40.9 Å². The van der Waals surface area contributed by atoms with E-state index in [1.807, 2.05) is 26.1 Å². The van der Waals surface area contributed by atoms with Gasteiger partial charge in [0, 0.05) is 25.9 Å². The van der Waals surface area contributed by atoms with Crippen LogP contribution in [-0.4, -0.2) is 43.6 Å². The number of hydrogen-bond donors (Lipinski definition) is 2. The lowest BCUT2D eigenvalue weighted by atomic mass is 9.99. The summed E-state index contributed by atoms with van der Waals surface area (Å²) in [6.45, 7) is 24.4. The van der Waals surface area contributed by atoms with Crippen LogP contribution < -0.4 is 4.90 Å². The molecule has 0 aromatic carbocycles. The zero-order chi connectivity index (χ0) is 26.4. The number of H-pyrrole nitrogens is 1. The second kappa shape index (κ2) is 22.9. The summed E-state index contributed by atoms with van der Waals surface area (Å²) in [7, 11) is 3.68. The molecule has 0 fully saturated rings. The fraction of sp³-hybridized carbons (Fsp3) is 0.607. The Morgan fingerprint density at radius 3 is 2.15 bits per heavy atom. The van der Waals surface area contributed by atoms with E-state index in [4.69, 9.17) is 9.84 Å². The van der Waals surface area contributed by atoms with Crippen molar-refractivity contribution >= 4 is 18.5 Å². The van der Waals surface area contributed by atoms with E-state index < -0.39 is 0 Å². The lowest BCUT2D eigenvalue weighted by Crippen LogP contribution is -2.34. The standard InChI is InChI=1S/C14H19N3O.C7H14.C3H8.C2H6O.C2H6/c1-9-6-11-14(10(2)8-16-11)17(4)12(9)7-13(15-3)18-5;1-4-5-6-7(2)3;1-3-2;1-2-3;1-2/h6-8,12,16H,3H2,1-2,4-5H3;4-5,7H,6H2,1-3H3;3H2,1-2H3;3H,2H2,1H3;1-2H3/b13-7-;5-4-;;;. The number of nitrogens with zero attached hydrogens (tertiary/aromatic N) is 2. The lowest BCUT2D eigenvalue weighted by molar-refractivity contribution is 0.287. The van der Waals surface area contributed by atoms with Gasteiger partial charge in [0.05, 0.1) is 24.5 Å². The van der Waals surface area contributed by atoms with Gasteiger partial charge in [-0.05, 0) is 64.0 Å². The van der Waals surface area contributed by atoms with Crippen molar-refractivity contribution in [3.63, 3.8) is 0 Å². The Hall–Kier alpha value is -2.27. The number of allylic oxidation sites excluding steroid dienone is 2. The normalized spacial score (nSPS) is 14.2. The van der Waals surface area contributed by atoms with Gasteiger partial charge in [0.25, 0.3) is 0 Å². The molecular weight excluding hydrogens is 410 g/mol. The molecule has 0 aliphatic carbocycles. The maximum absolute atomic E-state index is 7.57. The van der Waals surface area contributed by atoms with Gasteiger partial charge in [-0.15, -0.1) is 0 Å². The smallest absolute Gasteiger partial charge is 0.210 e. The summed E-state index contributed by atoms with van der Waals surface area (Å²) in [6, 6.07) is 0.146. The molecule has 33 heavy (non-hydrogen) atoms. The highest BCUT2D eigenvalue weighted by molar-refractivity contribution is 5.75. The number of likely N-dealkylation sites (N-methyl/N-ethyl adjacent to an activating group) is 1. The number of aliphatic hydroxyl groups excluding tert-OH is 1. The van der Waals surface area contributed by atoms with Crippen LogP contribution in [0.5, 0.6) is 0 Å². The minimum Gasteiger partial charge on any atom is -0.481 e. The van der Waals surface area contributed by atoms with Gasteiger partial charge in [0.1, 0.15) is 0 Å². The molecule has 0 bridgehead atoms. The van der Waals surface area contributed by atoms with Crippen LogP contribution in [0.1, 0.15) is 86.4 Å². The average molecular weight is 464 g/mol. The van der Waals surface area contributed by atoms with Crippen molar-refractivity contribution in [3.05, 3.63) is 47.1 Å². The van der Waals surface area contributed by atoms with Crippen LogP contribution in [0.25, 0.3) is 6.08 Å². The number of ether oxygens (including phenoxy) is 1. The molecule has 1 aromatic rings. The van der Waals surface area contributed by atoms with Gasteiger partial charge in [0.2, 0.25) is 5.88 Å². The minimum absolute atomic E-state index is 0.146. The molecule has 0 spiro atoms. The number of hydrogen-bond acceptors (Lipinski definition) is 4. The highest BCUT2D eigenvalue weighted by atomic mass is 16.5. The van der Waals surface area contributed by atoms with Crippen LogP contribution in [0.2, 0.25) is 0 Å². The quantitative estimate of drug-likeness (QED) is 0.266. The first kappa shape index (κ1) is 35.3. The summed E-state index contributed by atoms with van der Waals surface area (Å²) in [5, 5.41) is 7.57. The molecule has 2 heterocycles. The van der Waals surface area contributed by atoms with Crippen molar-refractivity contribution in [1.82, 2.24) is 4.98 Å². The van der Waals surface area contributed by atoms with Crippen molar-refractivity contribution in [1.29, 1.82) is 0 Å². The zero-order valence-electron chi connectivity index (χ0n) is 23.6. The Morgan fingerprint density at radius 2 is 1.79 bits per heavy atom. The molecule has 0 radical (unpaired) electrons. The molecule has 1 aliphatic heterocycles. The maximum atomic E-state index is 7.57. The molecule has 5 heteroatoms. The summed E-state index contributed by atoms with van der Waals surface area (Å²) >= 11 is 0. The number of nitrogens with one attached hydrogen (secondary N) is 1. The Balaban J connectivity index is -0.000000499. The van der Waals surface area contributed by atoms with Crippen LogP contribution in [-0.2, 0) is 4.74 Å². The van der Waals surface area contributed by atoms with E-state index in [9.17, 15) is 0 Å². The first-order valence-corrected chi connectivity index (χ1v) is 12.2. The van der Waals surface area contributed by atoms with Crippen molar-refractivity contribution in [3.8, 4) is 0 Å². The van der Waals surface area contributed by atoms with Crippen molar-refractivity contribution in [2.45, 2.75) is 88.1 Å². The summed E-state index contributed by atoms with van der Waals surface area (Å²) in [4.78, 5) is 9.37. The monoisotopic (exact) mass is 463 g/mol. The van der Waals surface area contributed by atoms with E-state index in [1.54, 1.807) is 14.0 Å². The third-order valence-corrected chi connectivity index (χ3v) is 4.19. The number of rotatable bonds is 5. The van der Waals surface area contributed by atoms with E-state index in [-0.39, 0.29) is 12.6 Å². The third kappa shape index (κ3) is 15.2. The first-order chi connectivity index (χ1) is 15.7. The van der Waals surface area contributed by atoms with Crippen molar-refractivity contribution < 1.29 is 9.84 Å². The molecule has 2 rings (SSSR count). The molecule has 2 N–H and O–H groups in total. The predicted octanol–water partition coefficient (Wildman–Crippen LogP) is 7.78. The maximum Gasteiger partial charge on any atom is 0.210 e. The number of methoxy groups -OCH3 is 1. The molecule has 1 unspecified atom stereocenters. The molecule has 1 aliphatic rings. The SMILES string of the molecule is C/C=C\CC(C)C.C=N/C(=C/C1C(C)=Cc2[nH]cc(C)c2N1C)OC.CC.CCC.CCO. The van der Waals surface area contributed by atoms with Gasteiger partial charge < -0.3 is 19.7 Å². The number of anilines is 1. The van der Waals surface area contributed by atoms with Gasteiger partial charge in [-0.1, -0.05) is 60.1 Å². The Morgan fingerprint density at radius 1 is 1.27 bits per heavy atom. The predicted molar refractivity (Wildman–Crippen MR) is 150 cm³/mol. The molecule has 0 saturated heterocycles. The van der Waals surface area contributed by atoms with Gasteiger partial charge >= 0.3 is 0 Å². The third-order valence-electron chi connectivity index (χ3n) is 4.19. The molecule has 0 amide bonds. The Bertz CT molecular complexity index is 683. The topological polar surface area (TPSA) is 60.9 Å². The minimum atomic E-state index is 0.146. The highest BCUT2D eigenvalue weighted by Crippen LogP contribution is 2.34. The molecule has 1 atom stereocenters. The van der Waals surface area contributed by atoms with E-state index in [2.05, 4.69) is 95.3 Å². The van der Waals surface area contributed by atoms with E-state index in [0.29, 0.717) is 5.88 Å². The number of aliphatic hydroxyl groups is 1. The fourth-order valence-corrected chi connectivity index (χ4v) is 2.84. The largest absolute Gasteiger partial charge is 0.481 e. The fourth-order valence-electron chi connectivity index (χ4n) is 2.84. The number of aromatic nitrogens is 1. The lowest BCUT2D eigenvalue weighted by Gasteiger charge is -2.32. The molecule has 5 nitrogen and oxygen atoms in total. The van der Waals surface area contributed by atoms with E-state index in [1.165, 1.54) is 29.7 Å². The van der Waals surface area contributed by atoms with Gasteiger partial charge in [0.15, 0.2) is 0 Å². The molecule has 1 aromatic heterocycles. The van der Waals surface area contributed by atoms with Crippen molar-refractivity contribution in [2.24, 2.45) is 10.9 Å². The summed E-state index contributed by atoms with van der Waals surface area (Å²) < 4.78 is 5.17. The molecule has 192 valence electrons. The van der Waals surface area contributed by atoms with Crippen molar-refractivity contribution in [2.75, 3.05) is 25.7 Å². The number of aromatic amines is 1. The van der Waals surface area contributed by atoms with Gasteiger partial charge in [-0.2, -0.15) is 0 Å². The second-order valence-electron chi connectivity index (χ2n) is 7.77. The van der Waals surface area contributed by atoms with Crippen LogP contribution in [0.3, 0.4) is 0 Å². The van der Waals surface area contributed by atoms with Gasteiger partial charge in [-0.25, -0.2) is 4.99 Å². The van der Waals surface area contributed by atoms with E-state index >= 15 is 0 Å². The second-order valence-corrected chi connectivity index (χ2v) is 7.77. The summed E-state index contributed by atoms with van der Waals surface area (Å²) in [5.41, 5.74) is 4.86. The molecule has 0 saturated carbocycles. The van der Waals surface area contributed by atoms with Gasteiger partial charge in [-0.3, -0.25) is 0 Å². The van der Waals surface area contributed by atoms with Crippen LogP contribution in [0, 0.1) is 12.8 Å². The number of fused-ring (bicyclic) bond motifs is 1. The highest BCUT2D eigenvalue weighted by Gasteiger charge is 2.25. The molecular formula is C28H53N3O2. The number of aryl methyl sites for hydroxylation is 1. The Kier molecular flexibility index (Phi) is 24.5. The van der Waals surface area contributed by atoms with E-state index in [0.717, 1.165) is 11.6 Å². The average Bonchev–Trinajstić information content (AvgIpc) is 3.15. The van der Waals surface area contributed by atoms with Crippen LogP contribution >= 0.6 is 0 Å². The first-order valence-electron chi connectivity index (χ1n) is 12.2. The summed E-state index contributed by atoms with van der Waals surface area (Å²) in [6.07, 6.45) is 12.9.